The maximum absolute atomic E-state index is 12.4. The first-order valence-corrected chi connectivity index (χ1v) is 7.14. The second-order valence-electron chi connectivity index (χ2n) is 5.38. The molecule has 2 aromatic rings. The van der Waals surface area contributed by atoms with E-state index in [0.717, 1.165) is 6.42 Å². The molecule has 1 unspecified atom stereocenters. The van der Waals surface area contributed by atoms with Crippen LogP contribution >= 0.6 is 0 Å². The lowest BCUT2D eigenvalue weighted by atomic mass is 9.90. The molecule has 0 saturated heterocycles. The summed E-state index contributed by atoms with van der Waals surface area (Å²) in [6, 6.07) is 3.52. The van der Waals surface area contributed by atoms with Crippen LogP contribution in [0.1, 0.15) is 41.7 Å². The van der Waals surface area contributed by atoms with Crippen molar-refractivity contribution in [3.8, 4) is 0 Å². The topological polar surface area (TPSA) is 78.3 Å². The highest BCUT2D eigenvalue weighted by atomic mass is 16.5. The average molecular weight is 300 g/mol. The highest BCUT2D eigenvalue weighted by Crippen LogP contribution is 2.35. The molecule has 6 heteroatoms. The molecule has 0 saturated carbocycles. The number of aromatic nitrogens is 2. The van der Waals surface area contributed by atoms with E-state index in [-0.39, 0.29) is 11.6 Å². The zero-order chi connectivity index (χ0) is 15.9. The zero-order valence-electron chi connectivity index (χ0n) is 12.5. The Kier molecular flexibility index (Phi) is 3.52. The Bertz CT molecular complexity index is 791. The standard InChI is InChI=1S/C16H16N2O4/c1-9(19)12(16(21)22-2)13-10-5-3-7-17-15(10)18-8-4-6-11(20)14(13)18/h3,5,7,12H,4,6,8H2,1-2H3. The quantitative estimate of drug-likeness (QED) is 0.638. The Morgan fingerprint density at radius 3 is 2.86 bits per heavy atom. The molecular weight excluding hydrogens is 284 g/mol. The lowest BCUT2D eigenvalue weighted by molar-refractivity contribution is -0.145. The van der Waals surface area contributed by atoms with E-state index in [9.17, 15) is 14.4 Å². The van der Waals surface area contributed by atoms with Crippen LogP contribution in [-0.4, -0.2) is 34.2 Å². The van der Waals surface area contributed by atoms with Gasteiger partial charge in [0.1, 0.15) is 17.3 Å². The summed E-state index contributed by atoms with van der Waals surface area (Å²) in [7, 11) is 1.24. The van der Waals surface area contributed by atoms with E-state index >= 15 is 0 Å². The van der Waals surface area contributed by atoms with E-state index in [0.29, 0.717) is 35.3 Å². The van der Waals surface area contributed by atoms with Crippen molar-refractivity contribution >= 4 is 28.6 Å². The van der Waals surface area contributed by atoms with E-state index in [1.165, 1.54) is 14.0 Å². The van der Waals surface area contributed by atoms with Gasteiger partial charge in [0.15, 0.2) is 5.78 Å². The number of carbonyl (C=O) groups is 3. The molecule has 3 heterocycles. The summed E-state index contributed by atoms with van der Waals surface area (Å²) in [5.74, 6) is -2.14. The van der Waals surface area contributed by atoms with Gasteiger partial charge in [0.2, 0.25) is 0 Å². The fraction of sp³-hybridized carbons (Fsp3) is 0.375. The van der Waals surface area contributed by atoms with Gasteiger partial charge >= 0.3 is 5.97 Å². The van der Waals surface area contributed by atoms with Gasteiger partial charge in [-0.25, -0.2) is 4.98 Å². The number of aryl methyl sites for hydroxylation is 1. The predicted molar refractivity (Wildman–Crippen MR) is 78.7 cm³/mol. The van der Waals surface area contributed by atoms with Gasteiger partial charge in [-0.1, -0.05) is 0 Å². The summed E-state index contributed by atoms with van der Waals surface area (Å²) in [6.45, 7) is 1.99. The average Bonchev–Trinajstić information content (AvgIpc) is 2.83. The molecule has 0 fully saturated rings. The highest BCUT2D eigenvalue weighted by Gasteiger charge is 2.36. The fourth-order valence-corrected chi connectivity index (χ4v) is 3.13. The predicted octanol–water partition coefficient (Wildman–Crippen LogP) is 1.86. The molecule has 0 spiro atoms. The van der Waals surface area contributed by atoms with Gasteiger partial charge in [-0.15, -0.1) is 0 Å². The second-order valence-corrected chi connectivity index (χ2v) is 5.38. The SMILES string of the molecule is COC(=O)C(C(C)=O)c1c2n(c3ncccc13)CCCC2=O. The molecule has 2 aromatic heterocycles. The Balaban J connectivity index is 2.37. The van der Waals surface area contributed by atoms with Crippen LogP contribution in [0.4, 0.5) is 0 Å². The number of carbonyl (C=O) groups excluding carboxylic acids is 3. The first kappa shape index (κ1) is 14.4. The number of rotatable bonds is 3. The molecule has 1 aliphatic rings. The monoisotopic (exact) mass is 300 g/mol. The van der Waals surface area contributed by atoms with Crippen LogP contribution in [0.25, 0.3) is 11.0 Å². The van der Waals surface area contributed by atoms with Crippen LogP contribution in [0.3, 0.4) is 0 Å². The number of pyridine rings is 1. The van der Waals surface area contributed by atoms with E-state index < -0.39 is 11.9 Å². The number of ether oxygens (including phenoxy) is 1. The van der Waals surface area contributed by atoms with Gasteiger partial charge in [0.25, 0.3) is 0 Å². The van der Waals surface area contributed by atoms with Gasteiger partial charge in [-0.3, -0.25) is 14.4 Å². The third-order valence-corrected chi connectivity index (χ3v) is 4.04. The Morgan fingerprint density at radius 1 is 1.41 bits per heavy atom. The molecule has 0 aromatic carbocycles. The molecule has 6 nitrogen and oxygen atoms in total. The van der Waals surface area contributed by atoms with Crippen LogP contribution in [-0.2, 0) is 20.9 Å². The summed E-state index contributed by atoms with van der Waals surface area (Å²) in [4.78, 5) is 40.9. The van der Waals surface area contributed by atoms with Crippen molar-refractivity contribution in [1.29, 1.82) is 0 Å². The molecule has 114 valence electrons. The zero-order valence-corrected chi connectivity index (χ0v) is 12.5. The van der Waals surface area contributed by atoms with Gasteiger partial charge in [-0.2, -0.15) is 0 Å². The number of hydrogen-bond donors (Lipinski definition) is 0. The second kappa shape index (κ2) is 5.36. The largest absolute Gasteiger partial charge is 0.468 e. The summed E-state index contributed by atoms with van der Waals surface area (Å²) in [5, 5.41) is 0.665. The Morgan fingerprint density at radius 2 is 2.18 bits per heavy atom. The first-order valence-electron chi connectivity index (χ1n) is 7.14. The highest BCUT2D eigenvalue weighted by molar-refractivity contribution is 6.12. The summed E-state index contributed by atoms with van der Waals surface area (Å²) in [6.07, 6.45) is 2.78. The van der Waals surface area contributed by atoms with Gasteiger partial charge in [-0.05, 0) is 25.5 Å². The number of hydrogen-bond acceptors (Lipinski definition) is 5. The van der Waals surface area contributed by atoms with Crippen molar-refractivity contribution in [1.82, 2.24) is 9.55 Å². The number of ketones is 2. The Labute approximate surface area is 127 Å². The maximum atomic E-state index is 12.4. The van der Waals surface area contributed by atoms with Crippen LogP contribution in [0.15, 0.2) is 18.3 Å². The number of esters is 1. The smallest absolute Gasteiger partial charge is 0.320 e. The third-order valence-electron chi connectivity index (χ3n) is 4.04. The lowest BCUT2D eigenvalue weighted by Gasteiger charge is -2.18. The van der Waals surface area contributed by atoms with Gasteiger partial charge < -0.3 is 9.30 Å². The van der Waals surface area contributed by atoms with Crippen molar-refractivity contribution in [2.24, 2.45) is 0 Å². The molecule has 1 aliphatic heterocycles. The number of nitrogens with zero attached hydrogens (tertiary/aromatic N) is 2. The van der Waals surface area contributed by atoms with Crippen LogP contribution in [0.2, 0.25) is 0 Å². The Hall–Kier alpha value is -2.50. The molecule has 1 atom stereocenters. The molecule has 0 amide bonds. The molecule has 0 radical (unpaired) electrons. The minimum atomic E-state index is -1.09. The van der Waals surface area contributed by atoms with Crippen LogP contribution < -0.4 is 0 Å². The molecule has 0 bridgehead atoms. The minimum Gasteiger partial charge on any atom is -0.468 e. The van der Waals surface area contributed by atoms with Crippen molar-refractivity contribution in [3.05, 3.63) is 29.6 Å². The van der Waals surface area contributed by atoms with Crippen LogP contribution in [0.5, 0.6) is 0 Å². The number of fused-ring (bicyclic) bond motifs is 3. The summed E-state index contributed by atoms with van der Waals surface area (Å²) < 4.78 is 6.59. The van der Waals surface area contributed by atoms with Gasteiger partial charge in [0.05, 0.1) is 12.8 Å². The van der Waals surface area contributed by atoms with E-state index in [1.54, 1.807) is 18.3 Å². The number of Topliss-reactive ketones (excluding diaryl/α,β-unsaturated/α-hetero) is 2. The normalized spacial score (nSPS) is 15.5. The molecule has 0 aliphatic carbocycles. The van der Waals surface area contributed by atoms with Crippen molar-refractivity contribution in [2.75, 3.05) is 7.11 Å². The first-order chi connectivity index (χ1) is 10.6. The maximum Gasteiger partial charge on any atom is 0.320 e. The fourth-order valence-electron chi connectivity index (χ4n) is 3.13. The minimum absolute atomic E-state index is 0.0607. The van der Waals surface area contributed by atoms with Gasteiger partial charge in [0, 0.05) is 30.1 Å². The molecular formula is C16H16N2O4. The van der Waals surface area contributed by atoms with Crippen molar-refractivity contribution in [2.45, 2.75) is 32.2 Å². The molecule has 3 rings (SSSR count). The third kappa shape index (κ3) is 2.03. The van der Waals surface area contributed by atoms with Crippen molar-refractivity contribution in [3.63, 3.8) is 0 Å². The van der Waals surface area contributed by atoms with Crippen LogP contribution in [0, 0.1) is 0 Å². The summed E-state index contributed by atoms with van der Waals surface area (Å²) >= 11 is 0. The van der Waals surface area contributed by atoms with E-state index in [1.807, 2.05) is 4.57 Å². The lowest BCUT2D eigenvalue weighted by Crippen LogP contribution is -2.25. The summed E-state index contributed by atoms with van der Waals surface area (Å²) in [5.41, 5.74) is 1.49. The molecule has 0 N–H and O–H groups in total. The van der Waals surface area contributed by atoms with E-state index in [2.05, 4.69) is 4.98 Å². The molecule has 22 heavy (non-hydrogen) atoms. The van der Waals surface area contributed by atoms with E-state index in [4.69, 9.17) is 4.74 Å². The number of methoxy groups -OCH3 is 1. The van der Waals surface area contributed by atoms with Crippen molar-refractivity contribution < 1.29 is 19.1 Å².